The molecule has 2 nitrogen and oxygen atoms in total. The minimum atomic E-state index is -0.144. The summed E-state index contributed by atoms with van der Waals surface area (Å²) in [7, 11) is 1.89. The van der Waals surface area contributed by atoms with Gasteiger partial charge in [-0.25, -0.2) is 0 Å². The van der Waals surface area contributed by atoms with E-state index in [0.717, 1.165) is 13.0 Å². The van der Waals surface area contributed by atoms with Crippen LogP contribution in [0.5, 0.6) is 0 Å². The smallest absolute Gasteiger partial charge is 0.0664 e. The average molecular weight is 243 g/mol. The normalized spacial score (nSPS) is 12.9. The predicted molar refractivity (Wildman–Crippen MR) is 76.4 cm³/mol. The fourth-order valence-corrected chi connectivity index (χ4v) is 2.21. The molecule has 0 aromatic rings. The van der Waals surface area contributed by atoms with E-state index in [1.807, 2.05) is 7.05 Å². The highest BCUT2D eigenvalue weighted by molar-refractivity contribution is 4.57. The summed E-state index contributed by atoms with van der Waals surface area (Å²) in [5.41, 5.74) is 0. The Morgan fingerprint density at radius 1 is 0.824 bits per heavy atom. The van der Waals surface area contributed by atoms with Crippen LogP contribution in [0, 0.1) is 0 Å². The molecule has 17 heavy (non-hydrogen) atoms. The van der Waals surface area contributed by atoms with Crippen molar-refractivity contribution in [2.75, 3.05) is 13.6 Å². The van der Waals surface area contributed by atoms with Crippen LogP contribution in [0.15, 0.2) is 0 Å². The number of hydrogen-bond acceptors (Lipinski definition) is 2. The molecule has 0 amide bonds. The molecule has 0 aliphatic carbocycles. The number of hydrogen-bond donors (Lipinski definition) is 2. The van der Waals surface area contributed by atoms with Crippen molar-refractivity contribution in [1.29, 1.82) is 0 Å². The van der Waals surface area contributed by atoms with Gasteiger partial charge >= 0.3 is 0 Å². The van der Waals surface area contributed by atoms with Crippen molar-refractivity contribution in [2.45, 2.75) is 83.7 Å². The molecule has 0 aromatic heterocycles. The van der Waals surface area contributed by atoms with Crippen molar-refractivity contribution in [3.05, 3.63) is 0 Å². The van der Waals surface area contributed by atoms with Crippen LogP contribution in [0.1, 0.15) is 77.6 Å². The van der Waals surface area contributed by atoms with Gasteiger partial charge in [0.15, 0.2) is 0 Å². The van der Waals surface area contributed by atoms with Crippen molar-refractivity contribution in [3.8, 4) is 0 Å². The number of aliphatic hydroxyl groups excluding tert-OH is 1. The lowest BCUT2D eigenvalue weighted by Gasteiger charge is -2.09. The highest BCUT2D eigenvalue weighted by Gasteiger charge is 2.01. The summed E-state index contributed by atoms with van der Waals surface area (Å²) in [6, 6.07) is 0. The van der Waals surface area contributed by atoms with E-state index in [1.54, 1.807) is 0 Å². The lowest BCUT2D eigenvalue weighted by molar-refractivity contribution is 0.160. The molecule has 2 heteroatoms. The zero-order valence-corrected chi connectivity index (χ0v) is 12.0. The van der Waals surface area contributed by atoms with Crippen LogP contribution >= 0.6 is 0 Å². The van der Waals surface area contributed by atoms with Gasteiger partial charge in [0, 0.05) is 6.54 Å². The molecule has 0 fully saturated rings. The second-order valence-corrected chi connectivity index (χ2v) is 5.18. The quantitative estimate of drug-likeness (QED) is 0.481. The van der Waals surface area contributed by atoms with Crippen LogP contribution in [-0.2, 0) is 0 Å². The molecule has 1 atom stereocenters. The predicted octanol–water partition coefficient (Wildman–Crippen LogP) is 3.88. The Morgan fingerprint density at radius 2 is 1.29 bits per heavy atom. The third-order valence-corrected chi connectivity index (χ3v) is 3.33. The molecule has 0 bridgehead atoms. The van der Waals surface area contributed by atoms with Gasteiger partial charge in [0.25, 0.3) is 0 Å². The van der Waals surface area contributed by atoms with Crippen LogP contribution in [-0.4, -0.2) is 24.8 Å². The third kappa shape index (κ3) is 13.9. The Labute approximate surface area is 108 Å². The van der Waals surface area contributed by atoms with Gasteiger partial charge in [-0.3, -0.25) is 0 Å². The second-order valence-electron chi connectivity index (χ2n) is 5.18. The molecule has 1 unspecified atom stereocenters. The summed E-state index contributed by atoms with van der Waals surface area (Å²) in [4.78, 5) is 0. The molecule has 0 aliphatic heterocycles. The summed E-state index contributed by atoms with van der Waals surface area (Å²) < 4.78 is 0. The van der Waals surface area contributed by atoms with Gasteiger partial charge in [-0.05, 0) is 13.5 Å². The first kappa shape index (κ1) is 16.9. The molecular weight excluding hydrogens is 210 g/mol. The van der Waals surface area contributed by atoms with Crippen LogP contribution in [0.4, 0.5) is 0 Å². The van der Waals surface area contributed by atoms with Crippen molar-refractivity contribution >= 4 is 0 Å². The molecule has 0 saturated carbocycles. The maximum atomic E-state index is 9.51. The molecule has 0 radical (unpaired) electrons. The second kappa shape index (κ2) is 14.0. The molecule has 104 valence electrons. The minimum absolute atomic E-state index is 0.144. The van der Waals surface area contributed by atoms with Crippen LogP contribution in [0.25, 0.3) is 0 Å². The zero-order valence-electron chi connectivity index (χ0n) is 12.0. The first-order chi connectivity index (χ1) is 8.31. The average Bonchev–Trinajstić information content (AvgIpc) is 2.32. The van der Waals surface area contributed by atoms with E-state index in [2.05, 4.69) is 12.2 Å². The number of likely N-dealkylation sites (N-methyl/N-ethyl adjacent to an activating group) is 1. The Kier molecular flexibility index (Phi) is 13.9. The van der Waals surface area contributed by atoms with Gasteiger partial charge in [-0.2, -0.15) is 0 Å². The van der Waals surface area contributed by atoms with Gasteiger partial charge in [0.2, 0.25) is 0 Å². The lowest BCUT2D eigenvalue weighted by atomic mass is 10.0. The van der Waals surface area contributed by atoms with E-state index in [1.165, 1.54) is 64.2 Å². The Hall–Kier alpha value is -0.0800. The van der Waals surface area contributed by atoms with Crippen molar-refractivity contribution in [1.82, 2.24) is 5.32 Å². The van der Waals surface area contributed by atoms with E-state index < -0.39 is 0 Å². The summed E-state index contributed by atoms with van der Waals surface area (Å²) in [6.07, 6.45) is 14.4. The minimum Gasteiger partial charge on any atom is -0.392 e. The maximum absolute atomic E-state index is 9.51. The van der Waals surface area contributed by atoms with Crippen molar-refractivity contribution in [2.24, 2.45) is 0 Å². The first-order valence-corrected chi connectivity index (χ1v) is 7.64. The molecular formula is C15H33NO. The van der Waals surface area contributed by atoms with Crippen molar-refractivity contribution < 1.29 is 5.11 Å². The molecule has 0 spiro atoms. The van der Waals surface area contributed by atoms with Crippen LogP contribution < -0.4 is 5.32 Å². The third-order valence-electron chi connectivity index (χ3n) is 3.33. The topological polar surface area (TPSA) is 32.3 Å². The van der Waals surface area contributed by atoms with Gasteiger partial charge in [0.05, 0.1) is 6.10 Å². The van der Waals surface area contributed by atoms with Gasteiger partial charge in [-0.1, -0.05) is 71.1 Å². The number of nitrogens with one attached hydrogen (secondary N) is 1. The Morgan fingerprint density at radius 3 is 1.76 bits per heavy atom. The summed E-state index contributed by atoms with van der Waals surface area (Å²) in [5.74, 6) is 0. The van der Waals surface area contributed by atoms with E-state index >= 15 is 0 Å². The Balaban J connectivity index is 2.98. The van der Waals surface area contributed by atoms with E-state index in [0.29, 0.717) is 0 Å². The monoisotopic (exact) mass is 243 g/mol. The molecule has 0 heterocycles. The lowest BCUT2D eigenvalue weighted by Crippen LogP contribution is -2.23. The van der Waals surface area contributed by atoms with Gasteiger partial charge in [-0.15, -0.1) is 0 Å². The van der Waals surface area contributed by atoms with Crippen LogP contribution in [0.3, 0.4) is 0 Å². The fourth-order valence-electron chi connectivity index (χ4n) is 2.21. The van der Waals surface area contributed by atoms with Gasteiger partial charge in [0.1, 0.15) is 0 Å². The van der Waals surface area contributed by atoms with E-state index in [9.17, 15) is 5.11 Å². The summed E-state index contributed by atoms with van der Waals surface area (Å²) in [5, 5.41) is 12.5. The molecule has 2 N–H and O–H groups in total. The fraction of sp³-hybridized carbons (Fsp3) is 1.00. The maximum Gasteiger partial charge on any atom is 0.0664 e. The zero-order chi connectivity index (χ0) is 12.8. The molecule has 0 saturated heterocycles. The first-order valence-electron chi connectivity index (χ1n) is 7.64. The Bertz CT molecular complexity index is 139. The summed E-state index contributed by atoms with van der Waals surface area (Å²) >= 11 is 0. The largest absolute Gasteiger partial charge is 0.392 e. The highest BCUT2D eigenvalue weighted by Crippen LogP contribution is 2.11. The molecule has 0 aromatic carbocycles. The number of aliphatic hydroxyl groups is 1. The SMILES string of the molecule is CCCCCCCCCCCCC(O)CNC. The number of unbranched alkanes of at least 4 members (excludes halogenated alkanes) is 9. The molecule has 0 aliphatic rings. The van der Waals surface area contributed by atoms with Crippen LogP contribution in [0.2, 0.25) is 0 Å². The van der Waals surface area contributed by atoms with E-state index in [4.69, 9.17) is 0 Å². The van der Waals surface area contributed by atoms with Crippen molar-refractivity contribution in [3.63, 3.8) is 0 Å². The van der Waals surface area contributed by atoms with E-state index in [-0.39, 0.29) is 6.10 Å². The molecule has 0 rings (SSSR count). The highest BCUT2D eigenvalue weighted by atomic mass is 16.3. The summed E-state index contributed by atoms with van der Waals surface area (Å²) in [6.45, 7) is 3.00. The van der Waals surface area contributed by atoms with Gasteiger partial charge < -0.3 is 10.4 Å². The standard InChI is InChI=1S/C15H33NO/c1-3-4-5-6-7-8-9-10-11-12-13-15(17)14-16-2/h15-17H,3-14H2,1-2H3. The number of rotatable bonds is 13.